The predicted molar refractivity (Wildman–Crippen MR) is 33.2 cm³/mol. The molecule has 0 N–H and O–H groups in total. The molecule has 48 valence electrons. The fraction of sp³-hybridized carbons (Fsp3) is 0.714. The summed E-state index contributed by atoms with van der Waals surface area (Å²) in [7, 11) is 0. The fourth-order valence-corrected chi connectivity index (χ4v) is 0.744. The Morgan fingerprint density at radius 3 is 1.88 bits per heavy atom. The van der Waals surface area contributed by atoms with Gasteiger partial charge in [-0.3, -0.25) is 0 Å². The fourth-order valence-electron chi connectivity index (χ4n) is 0.744. The second-order valence-electron chi connectivity index (χ2n) is 1.98. The Labute approximate surface area is 51.0 Å². The van der Waals surface area contributed by atoms with Gasteiger partial charge in [-0.1, -0.05) is 26.7 Å². The summed E-state index contributed by atoms with van der Waals surface area (Å²) in [6.45, 7) is 7.36. The van der Waals surface area contributed by atoms with E-state index in [4.69, 9.17) is 0 Å². The molecule has 0 atom stereocenters. The molecule has 0 amide bonds. The molecule has 0 bridgehead atoms. The van der Waals surface area contributed by atoms with Gasteiger partial charge in [0.1, 0.15) is 0 Å². The maximum atomic E-state index is 10.5. The van der Waals surface area contributed by atoms with Crippen molar-refractivity contribution in [1.82, 2.24) is 0 Å². The molecule has 0 aliphatic carbocycles. The minimum atomic E-state index is 0.0787. The van der Waals surface area contributed by atoms with E-state index in [1.165, 1.54) is 0 Å². The molecule has 0 aromatic carbocycles. The Bertz CT molecular complexity index is 72.5. The molecule has 0 unspecified atom stereocenters. The van der Waals surface area contributed by atoms with Gasteiger partial charge in [0.2, 0.25) is 0 Å². The minimum absolute atomic E-state index is 0.0787. The zero-order valence-electron chi connectivity index (χ0n) is 5.61. The van der Waals surface area contributed by atoms with Crippen molar-refractivity contribution < 1.29 is 5.11 Å². The third-order valence-corrected chi connectivity index (χ3v) is 1.44. The highest BCUT2D eigenvalue weighted by molar-refractivity contribution is 4.84. The van der Waals surface area contributed by atoms with Gasteiger partial charge in [0.05, 0.1) is 0 Å². The lowest BCUT2D eigenvalue weighted by atomic mass is 10.0. The Morgan fingerprint density at radius 2 is 1.88 bits per heavy atom. The average Bonchev–Trinajstić information content (AvgIpc) is 1.69. The van der Waals surface area contributed by atoms with E-state index < -0.39 is 0 Å². The van der Waals surface area contributed by atoms with Crippen LogP contribution < -0.4 is 5.11 Å². The summed E-state index contributed by atoms with van der Waals surface area (Å²) in [5, 5.41) is 10.5. The molecule has 1 nitrogen and oxygen atoms in total. The van der Waals surface area contributed by atoms with Gasteiger partial charge in [0, 0.05) is 0 Å². The van der Waals surface area contributed by atoms with Crippen LogP contribution in [-0.2, 0) is 0 Å². The van der Waals surface area contributed by atoms with E-state index in [1.807, 2.05) is 13.8 Å². The van der Waals surface area contributed by atoms with Crippen molar-refractivity contribution in [3.63, 3.8) is 0 Å². The summed E-state index contributed by atoms with van der Waals surface area (Å²) >= 11 is 0. The molecule has 0 saturated heterocycles. The van der Waals surface area contributed by atoms with Crippen LogP contribution in [0, 0.1) is 5.92 Å². The quantitative estimate of drug-likeness (QED) is 0.506. The summed E-state index contributed by atoms with van der Waals surface area (Å²) in [6.07, 6.45) is 1.86. The van der Waals surface area contributed by atoms with Crippen molar-refractivity contribution in [2.45, 2.75) is 26.7 Å². The zero-order valence-corrected chi connectivity index (χ0v) is 5.61. The largest absolute Gasteiger partial charge is 0.876 e. The third-order valence-electron chi connectivity index (χ3n) is 1.44. The summed E-state index contributed by atoms with van der Waals surface area (Å²) in [5.74, 6) is 0.282. The smallest absolute Gasteiger partial charge is 0.0316 e. The predicted octanol–water partition coefficient (Wildman–Crippen LogP) is 1.30. The average molecular weight is 113 g/mol. The summed E-state index contributed by atoms with van der Waals surface area (Å²) < 4.78 is 0. The first-order chi connectivity index (χ1) is 3.72. The maximum Gasteiger partial charge on any atom is -0.0316 e. The molecule has 0 spiro atoms. The van der Waals surface area contributed by atoms with Crippen molar-refractivity contribution in [2.24, 2.45) is 5.92 Å². The second kappa shape index (κ2) is 3.53. The molecule has 8 heavy (non-hydrogen) atoms. The molecular formula is C7H13O-. The Hall–Kier alpha value is -0.460. The van der Waals surface area contributed by atoms with E-state index in [9.17, 15) is 5.11 Å². The van der Waals surface area contributed by atoms with Gasteiger partial charge < -0.3 is 5.11 Å². The maximum absolute atomic E-state index is 10.5. The highest BCUT2D eigenvalue weighted by Gasteiger charge is 1.96. The van der Waals surface area contributed by atoms with Gasteiger partial charge in [-0.05, 0) is 5.92 Å². The first kappa shape index (κ1) is 7.54. The molecule has 0 rings (SSSR count). The molecule has 0 aromatic heterocycles. The van der Waals surface area contributed by atoms with Gasteiger partial charge in [0.25, 0.3) is 0 Å². The van der Waals surface area contributed by atoms with E-state index in [0.717, 1.165) is 12.8 Å². The topological polar surface area (TPSA) is 23.1 Å². The van der Waals surface area contributed by atoms with Gasteiger partial charge in [-0.25, -0.2) is 0 Å². The number of hydrogen-bond donors (Lipinski definition) is 0. The third kappa shape index (κ3) is 2.01. The summed E-state index contributed by atoms with van der Waals surface area (Å²) in [6, 6.07) is 0. The molecule has 1 heteroatoms. The Morgan fingerprint density at radius 1 is 1.50 bits per heavy atom. The standard InChI is InChI=1S/C7H14O/c1-4-7(5-2)6(3)8/h7-8H,3-5H2,1-2H3/p-1. The van der Waals surface area contributed by atoms with Crippen molar-refractivity contribution in [3.8, 4) is 0 Å². The van der Waals surface area contributed by atoms with Gasteiger partial charge >= 0.3 is 0 Å². The molecule has 0 heterocycles. The molecule has 0 radical (unpaired) electrons. The van der Waals surface area contributed by atoms with Crippen LogP contribution in [0.1, 0.15) is 26.7 Å². The Kier molecular flexibility index (Phi) is 3.33. The molecule has 0 saturated carbocycles. The van der Waals surface area contributed by atoms with Crippen LogP contribution in [0.2, 0.25) is 0 Å². The van der Waals surface area contributed by atoms with Crippen LogP contribution in [0.25, 0.3) is 0 Å². The zero-order chi connectivity index (χ0) is 6.57. The number of hydrogen-bond acceptors (Lipinski definition) is 1. The van der Waals surface area contributed by atoms with Crippen LogP contribution in [0.5, 0.6) is 0 Å². The lowest BCUT2D eigenvalue weighted by Crippen LogP contribution is -2.12. The van der Waals surface area contributed by atoms with Crippen LogP contribution in [-0.4, -0.2) is 0 Å². The van der Waals surface area contributed by atoms with E-state index in [2.05, 4.69) is 6.58 Å². The Balaban J connectivity index is 3.52. The van der Waals surface area contributed by atoms with Gasteiger partial charge in [-0.2, -0.15) is 0 Å². The van der Waals surface area contributed by atoms with Gasteiger partial charge in [0.15, 0.2) is 0 Å². The van der Waals surface area contributed by atoms with Gasteiger partial charge in [-0.15, -0.1) is 12.3 Å². The highest BCUT2D eigenvalue weighted by atomic mass is 16.3. The van der Waals surface area contributed by atoms with Crippen molar-refractivity contribution in [2.75, 3.05) is 0 Å². The van der Waals surface area contributed by atoms with Crippen molar-refractivity contribution in [1.29, 1.82) is 0 Å². The molecule has 0 fully saturated rings. The molecule has 0 aliphatic heterocycles. The summed E-state index contributed by atoms with van der Waals surface area (Å²) in [5.41, 5.74) is 0. The SMILES string of the molecule is C=C([O-])C(CC)CC. The van der Waals surface area contributed by atoms with E-state index in [1.54, 1.807) is 0 Å². The normalized spacial score (nSPS) is 9.88. The molecule has 0 aliphatic rings. The second-order valence-corrected chi connectivity index (χ2v) is 1.98. The van der Waals surface area contributed by atoms with Crippen LogP contribution in [0.15, 0.2) is 12.3 Å². The monoisotopic (exact) mass is 113 g/mol. The summed E-state index contributed by atoms with van der Waals surface area (Å²) in [4.78, 5) is 0. The first-order valence-electron chi connectivity index (χ1n) is 3.08. The van der Waals surface area contributed by atoms with E-state index >= 15 is 0 Å². The number of rotatable bonds is 3. The van der Waals surface area contributed by atoms with E-state index in [0.29, 0.717) is 0 Å². The van der Waals surface area contributed by atoms with Crippen molar-refractivity contribution in [3.05, 3.63) is 12.3 Å². The molecule has 0 aromatic rings. The lowest BCUT2D eigenvalue weighted by molar-refractivity contribution is -0.314. The van der Waals surface area contributed by atoms with Crippen LogP contribution >= 0.6 is 0 Å². The lowest BCUT2D eigenvalue weighted by Gasteiger charge is -2.19. The first-order valence-corrected chi connectivity index (χ1v) is 3.08. The van der Waals surface area contributed by atoms with Crippen molar-refractivity contribution >= 4 is 0 Å². The minimum Gasteiger partial charge on any atom is -0.876 e. The molecular weight excluding hydrogens is 100 g/mol. The number of allylic oxidation sites excluding steroid dienone is 1. The highest BCUT2D eigenvalue weighted by Crippen LogP contribution is 2.11. The van der Waals surface area contributed by atoms with Crippen LogP contribution in [0.3, 0.4) is 0 Å². The van der Waals surface area contributed by atoms with Crippen LogP contribution in [0.4, 0.5) is 0 Å². The van der Waals surface area contributed by atoms with E-state index in [-0.39, 0.29) is 11.7 Å².